The van der Waals surface area contributed by atoms with E-state index in [-0.39, 0.29) is 5.60 Å². The summed E-state index contributed by atoms with van der Waals surface area (Å²) >= 11 is 0.329. The van der Waals surface area contributed by atoms with Crippen LogP contribution in [0.25, 0.3) is 0 Å². The monoisotopic (exact) mass is 489 g/mol. The summed E-state index contributed by atoms with van der Waals surface area (Å²) in [6.45, 7) is 6.95. The van der Waals surface area contributed by atoms with Crippen LogP contribution in [-0.2, 0) is 15.3 Å². The molecule has 5 heteroatoms. The van der Waals surface area contributed by atoms with E-state index in [0.29, 0.717) is 20.8 Å². The molecule has 0 radical (unpaired) electrons. The number of allylic oxidation sites excluding steroid dienone is 1. The van der Waals surface area contributed by atoms with Gasteiger partial charge >= 0.3 is 190 Å². The molecule has 30 heavy (non-hydrogen) atoms. The molecule has 0 aliphatic heterocycles. The molecule has 1 aliphatic rings. The van der Waals surface area contributed by atoms with E-state index >= 15 is 0 Å². The number of methoxy groups -OCH3 is 1. The molecule has 2 aromatic rings. The van der Waals surface area contributed by atoms with Crippen LogP contribution in [0.1, 0.15) is 51.3 Å². The summed E-state index contributed by atoms with van der Waals surface area (Å²) in [5.41, 5.74) is 2.20. The molecule has 1 aromatic carbocycles. The molecule has 3 nitrogen and oxygen atoms in total. The SMILES string of the molecule is CC[Si](CC)(CC)OC1(c2ccc(OC)nc2C[Se]c2ccccc2)CC=CCC1. The van der Waals surface area contributed by atoms with Gasteiger partial charge in [-0.05, 0) is 0 Å². The first kappa shape index (κ1) is 23.3. The van der Waals surface area contributed by atoms with E-state index in [9.17, 15) is 0 Å². The van der Waals surface area contributed by atoms with Crippen LogP contribution in [0.15, 0.2) is 54.6 Å². The first-order valence-electron chi connectivity index (χ1n) is 11.2. The molecule has 0 spiro atoms. The van der Waals surface area contributed by atoms with Crippen molar-refractivity contribution in [3.63, 3.8) is 0 Å². The average Bonchev–Trinajstić information content (AvgIpc) is 2.82. The summed E-state index contributed by atoms with van der Waals surface area (Å²) in [6.07, 6.45) is 7.68. The van der Waals surface area contributed by atoms with E-state index in [1.807, 2.05) is 6.07 Å². The number of rotatable bonds is 10. The van der Waals surface area contributed by atoms with Crippen molar-refractivity contribution >= 4 is 27.7 Å². The van der Waals surface area contributed by atoms with Crippen LogP contribution in [0.5, 0.6) is 5.88 Å². The molecule has 0 bridgehead atoms. The summed E-state index contributed by atoms with van der Waals surface area (Å²) in [7, 11) is -0.0781. The zero-order chi connectivity index (χ0) is 21.5. The number of pyridine rings is 1. The van der Waals surface area contributed by atoms with Gasteiger partial charge in [-0.2, -0.15) is 0 Å². The predicted octanol–water partition coefficient (Wildman–Crippen LogP) is 5.58. The molecular weight excluding hydrogens is 453 g/mol. The first-order chi connectivity index (χ1) is 14.6. The van der Waals surface area contributed by atoms with Crippen LogP contribution in [0.2, 0.25) is 18.1 Å². The topological polar surface area (TPSA) is 31.4 Å². The number of hydrogen-bond acceptors (Lipinski definition) is 3. The second-order valence-electron chi connectivity index (χ2n) is 8.00. The summed E-state index contributed by atoms with van der Waals surface area (Å²) in [4.78, 5) is 4.94. The van der Waals surface area contributed by atoms with Gasteiger partial charge in [0, 0.05) is 0 Å². The zero-order valence-electron chi connectivity index (χ0n) is 18.8. The van der Waals surface area contributed by atoms with E-state index in [1.54, 1.807) is 7.11 Å². The molecule has 1 atom stereocenters. The van der Waals surface area contributed by atoms with E-state index in [2.05, 4.69) is 69.3 Å². The van der Waals surface area contributed by atoms with Crippen molar-refractivity contribution in [1.82, 2.24) is 4.98 Å². The average molecular weight is 489 g/mol. The number of nitrogens with zero attached hydrogens (tertiary/aromatic N) is 1. The van der Waals surface area contributed by atoms with Gasteiger partial charge in [-0.3, -0.25) is 0 Å². The Morgan fingerprint density at radius 1 is 1.00 bits per heavy atom. The number of benzene rings is 1. The van der Waals surface area contributed by atoms with Crippen LogP contribution in [-0.4, -0.2) is 35.4 Å². The molecule has 3 rings (SSSR count). The third-order valence-corrected chi connectivity index (χ3v) is 13.3. The molecule has 0 saturated carbocycles. The van der Waals surface area contributed by atoms with Gasteiger partial charge in [0.25, 0.3) is 0 Å². The minimum atomic E-state index is -1.78. The number of ether oxygens (including phenoxy) is 1. The summed E-state index contributed by atoms with van der Waals surface area (Å²) < 4.78 is 14.2. The Morgan fingerprint density at radius 2 is 1.73 bits per heavy atom. The van der Waals surface area contributed by atoms with Crippen LogP contribution in [0, 0.1) is 0 Å². The molecule has 1 heterocycles. The van der Waals surface area contributed by atoms with E-state index < -0.39 is 8.32 Å². The van der Waals surface area contributed by atoms with Crippen LogP contribution >= 0.6 is 0 Å². The quantitative estimate of drug-likeness (QED) is 0.323. The Kier molecular flexibility index (Phi) is 8.35. The van der Waals surface area contributed by atoms with Crippen molar-refractivity contribution in [2.45, 2.75) is 69.1 Å². The fraction of sp³-hybridized carbons (Fsp3) is 0.480. The third kappa shape index (κ3) is 5.26. The van der Waals surface area contributed by atoms with E-state index in [4.69, 9.17) is 14.1 Å². The minimum absolute atomic E-state index is 0.246. The van der Waals surface area contributed by atoms with Crippen molar-refractivity contribution in [3.05, 3.63) is 65.9 Å². The first-order valence-corrected chi connectivity index (χ1v) is 15.8. The van der Waals surface area contributed by atoms with Gasteiger partial charge in [0.2, 0.25) is 0 Å². The van der Waals surface area contributed by atoms with Gasteiger partial charge in [0.1, 0.15) is 0 Å². The summed E-state index contributed by atoms with van der Waals surface area (Å²) in [5.74, 6) is 0.698. The second kappa shape index (κ2) is 10.8. The fourth-order valence-corrected chi connectivity index (χ4v) is 9.26. The van der Waals surface area contributed by atoms with Gasteiger partial charge in [-0.15, -0.1) is 0 Å². The summed E-state index contributed by atoms with van der Waals surface area (Å²) in [6, 6.07) is 18.5. The molecule has 0 saturated heterocycles. The Hall–Kier alpha value is -1.39. The Morgan fingerprint density at radius 3 is 2.33 bits per heavy atom. The molecule has 1 aliphatic carbocycles. The maximum absolute atomic E-state index is 7.28. The van der Waals surface area contributed by atoms with Crippen molar-refractivity contribution in [3.8, 4) is 5.88 Å². The molecule has 0 fully saturated rings. The van der Waals surface area contributed by atoms with Gasteiger partial charge in [-0.1, -0.05) is 0 Å². The molecule has 1 aromatic heterocycles. The normalized spacial score (nSPS) is 19.1. The molecule has 0 amide bonds. The van der Waals surface area contributed by atoms with Crippen LogP contribution < -0.4 is 9.20 Å². The standard InChI is InChI=1S/C25H35NO2SeSi/c1-5-30(6-2,7-3)28-25(18-12-9-13-19-25)22-16-17-24(27-4)26-23(22)20-29-21-14-10-8-11-15-21/h8-12,14-17H,5-7,13,18-20H2,1-4H3. The number of aromatic nitrogens is 1. The Balaban J connectivity index is 2.01. The molecule has 162 valence electrons. The van der Waals surface area contributed by atoms with Gasteiger partial charge in [-0.25, -0.2) is 0 Å². The van der Waals surface area contributed by atoms with Crippen LogP contribution in [0.4, 0.5) is 0 Å². The molecule has 1 unspecified atom stereocenters. The molecule has 0 N–H and O–H groups in total. The second-order valence-corrected chi connectivity index (χ2v) is 14.9. The third-order valence-electron chi connectivity index (χ3n) is 6.44. The fourth-order valence-electron chi connectivity index (χ4n) is 4.37. The van der Waals surface area contributed by atoms with Crippen molar-refractivity contribution in [2.24, 2.45) is 0 Å². The van der Waals surface area contributed by atoms with Crippen molar-refractivity contribution in [2.75, 3.05) is 7.11 Å². The Labute approximate surface area is 189 Å². The van der Waals surface area contributed by atoms with Crippen molar-refractivity contribution < 1.29 is 9.16 Å². The zero-order valence-corrected chi connectivity index (χ0v) is 21.5. The van der Waals surface area contributed by atoms with Gasteiger partial charge < -0.3 is 0 Å². The summed E-state index contributed by atoms with van der Waals surface area (Å²) in [5, 5.41) is 0.956. The maximum atomic E-state index is 7.28. The number of hydrogen-bond donors (Lipinski definition) is 0. The van der Waals surface area contributed by atoms with Gasteiger partial charge in [0.05, 0.1) is 0 Å². The van der Waals surface area contributed by atoms with Crippen molar-refractivity contribution in [1.29, 1.82) is 0 Å². The Bertz CT molecular complexity index is 830. The van der Waals surface area contributed by atoms with E-state index in [1.165, 1.54) is 28.2 Å². The van der Waals surface area contributed by atoms with Gasteiger partial charge in [0.15, 0.2) is 0 Å². The van der Waals surface area contributed by atoms with E-state index in [0.717, 1.165) is 30.3 Å². The van der Waals surface area contributed by atoms with Crippen LogP contribution in [0.3, 0.4) is 0 Å². The molecular formula is C25H35NO2SeSi. The predicted molar refractivity (Wildman–Crippen MR) is 129 cm³/mol.